The molecule has 0 radical (unpaired) electrons. The second-order valence-corrected chi connectivity index (χ2v) is 3.97. The van der Waals surface area contributed by atoms with E-state index in [0.29, 0.717) is 13.2 Å². The Labute approximate surface area is 114 Å². The average Bonchev–Trinajstić information content (AvgIpc) is 2.39. The molecule has 0 atom stereocenters. The van der Waals surface area contributed by atoms with Crippen LogP contribution < -0.4 is 0 Å². The standard InChI is InChI=1S/C16H19NO2/c1-4-11-17(13-15-9-7-6-8-10-15)14(3)12-16(18)19-5-2/h6-10,12H,5,13H2,1-3H3/b14-12-. The van der Waals surface area contributed by atoms with Crippen LogP contribution >= 0.6 is 0 Å². The van der Waals surface area contributed by atoms with E-state index < -0.39 is 0 Å². The molecule has 1 aromatic carbocycles. The highest BCUT2D eigenvalue weighted by molar-refractivity contribution is 5.82. The Morgan fingerprint density at radius 3 is 2.63 bits per heavy atom. The molecular weight excluding hydrogens is 238 g/mol. The van der Waals surface area contributed by atoms with Crippen LogP contribution in [-0.4, -0.2) is 17.5 Å². The first kappa shape index (κ1) is 14.8. The van der Waals surface area contributed by atoms with E-state index in [4.69, 9.17) is 4.74 Å². The van der Waals surface area contributed by atoms with E-state index in [0.717, 1.165) is 11.3 Å². The van der Waals surface area contributed by atoms with E-state index in [-0.39, 0.29) is 5.97 Å². The van der Waals surface area contributed by atoms with Crippen LogP contribution in [0.4, 0.5) is 0 Å². The van der Waals surface area contributed by atoms with Crippen LogP contribution in [0.15, 0.2) is 42.1 Å². The Bertz CT molecular complexity index is 494. The molecule has 0 aliphatic heterocycles. The van der Waals surface area contributed by atoms with E-state index in [2.05, 4.69) is 12.0 Å². The van der Waals surface area contributed by atoms with Crippen molar-refractivity contribution in [2.75, 3.05) is 6.61 Å². The molecule has 0 N–H and O–H groups in total. The lowest BCUT2D eigenvalue weighted by molar-refractivity contribution is -0.137. The number of hydrogen-bond donors (Lipinski definition) is 0. The molecule has 1 rings (SSSR count). The second kappa shape index (κ2) is 7.99. The van der Waals surface area contributed by atoms with Gasteiger partial charge in [-0.05, 0) is 26.3 Å². The van der Waals surface area contributed by atoms with Crippen LogP contribution in [-0.2, 0) is 16.1 Å². The maximum Gasteiger partial charge on any atom is 0.332 e. The van der Waals surface area contributed by atoms with Crippen molar-refractivity contribution in [3.63, 3.8) is 0 Å². The van der Waals surface area contributed by atoms with Crippen molar-refractivity contribution >= 4 is 5.97 Å². The smallest absolute Gasteiger partial charge is 0.332 e. The molecular formula is C16H19NO2. The predicted molar refractivity (Wildman–Crippen MR) is 75.8 cm³/mol. The molecule has 0 unspecified atom stereocenters. The minimum atomic E-state index is -0.337. The van der Waals surface area contributed by atoms with Gasteiger partial charge in [0.15, 0.2) is 0 Å². The summed E-state index contributed by atoms with van der Waals surface area (Å²) in [5.41, 5.74) is 1.92. The van der Waals surface area contributed by atoms with Gasteiger partial charge in [-0.25, -0.2) is 4.79 Å². The van der Waals surface area contributed by atoms with Gasteiger partial charge in [0.2, 0.25) is 0 Å². The maximum absolute atomic E-state index is 11.4. The van der Waals surface area contributed by atoms with Gasteiger partial charge < -0.3 is 9.64 Å². The van der Waals surface area contributed by atoms with Crippen molar-refractivity contribution in [1.82, 2.24) is 4.90 Å². The summed E-state index contributed by atoms with van der Waals surface area (Å²) >= 11 is 0. The van der Waals surface area contributed by atoms with Crippen LogP contribution in [0.1, 0.15) is 26.3 Å². The van der Waals surface area contributed by atoms with Crippen LogP contribution in [0.3, 0.4) is 0 Å². The molecule has 1 aromatic rings. The number of esters is 1. The summed E-state index contributed by atoms with van der Waals surface area (Å²) in [5.74, 6) is 2.52. The Balaban J connectivity index is 2.82. The van der Waals surface area contributed by atoms with Crippen molar-refractivity contribution < 1.29 is 9.53 Å². The molecule has 3 heteroatoms. The van der Waals surface area contributed by atoms with Gasteiger partial charge >= 0.3 is 5.97 Å². The highest BCUT2D eigenvalue weighted by Crippen LogP contribution is 2.10. The fourth-order valence-electron chi connectivity index (χ4n) is 1.59. The number of carbonyl (C=O) groups is 1. The van der Waals surface area contributed by atoms with Crippen molar-refractivity contribution in [2.24, 2.45) is 0 Å². The summed E-state index contributed by atoms with van der Waals surface area (Å²) in [7, 11) is 0. The zero-order valence-electron chi connectivity index (χ0n) is 11.6. The van der Waals surface area contributed by atoms with E-state index in [9.17, 15) is 4.79 Å². The number of benzene rings is 1. The van der Waals surface area contributed by atoms with Gasteiger partial charge in [-0.15, -0.1) is 0 Å². The SMILES string of the molecule is CC#CN(Cc1ccccc1)/C(C)=C\C(=O)OCC. The third-order valence-corrected chi connectivity index (χ3v) is 2.47. The Kier molecular flexibility index (Phi) is 6.25. The van der Waals surface area contributed by atoms with Crippen LogP contribution in [0.2, 0.25) is 0 Å². The fraction of sp³-hybridized carbons (Fsp3) is 0.312. The van der Waals surface area contributed by atoms with Gasteiger partial charge in [0.05, 0.1) is 13.2 Å². The zero-order valence-corrected chi connectivity index (χ0v) is 11.6. The van der Waals surface area contributed by atoms with Crippen LogP contribution in [0, 0.1) is 12.0 Å². The third-order valence-electron chi connectivity index (χ3n) is 2.47. The van der Waals surface area contributed by atoms with E-state index in [1.807, 2.05) is 42.2 Å². The minimum Gasteiger partial charge on any atom is -0.463 e. The molecule has 0 fully saturated rings. The molecule has 0 aliphatic rings. The zero-order chi connectivity index (χ0) is 14.1. The van der Waals surface area contributed by atoms with Gasteiger partial charge in [0, 0.05) is 17.8 Å². The molecule has 0 aliphatic carbocycles. The molecule has 0 aromatic heterocycles. The lowest BCUT2D eigenvalue weighted by atomic mass is 10.2. The molecule has 19 heavy (non-hydrogen) atoms. The largest absolute Gasteiger partial charge is 0.463 e. The van der Waals surface area contributed by atoms with Crippen molar-refractivity contribution in [2.45, 2.75) is 27.3 Å². The normalized spacial score (nSPS) is 10.4. The van der Waals surface area contributed by atoms with E-state index in [1.165, 1.54) is 6.08 Å². The molecule has 0 amide bonds. The highest BCUT2D eigenvalue weighted by Gasteiger charge is 2.06. The summed E-state index contributed by atoms with van der Waals surface area (Å²) in [6, 6.07) is 13.0. The van der Waals surface area contributed by atoms with Gasteiger partial charge in [0.1, 0.15) is 0 Å². The highest BCUT2D eigenvalue weighted by atomic mass is 16.5. The number of rotatable bonds is 5. The van der Waals surface area contributed by atoms with Crippen LogP contribution in [0.25, 0.3) is 0 Å². The quantitative estimate of drug-likeness (QED) is 0.351. The molecule has 0 spiro atoms. The molecule has 0 heterocycles. The number of hydrogen-bond acceptors (Lipinski definition) is 3. The molecule has 100 valence electrons. The Morgan fingerprint density at radius 2 is 2.05 bits per heavy atom. The minimum absolute atomic E-state index is 0.337. The number of carbonyl (C=O) groups excluding carboxylic acids is 1. The van der Waals surface area contributed by atoms with Crippen molar-refractivity contribution in [3.05, 3.63) is 47.7 Å². The summed E-state index contributed by atoms with van der Waals surface area (Å²) in [6.07, 6.45) is 1.47. The van der Waals surface area contributed by atoms with E-state index in [1.54, 1.807) is 13.8 Å². The first-order valence-electron chi connectivity index (χ1n) is 6.26. The van der Waals surface area contributed by atoms with Crippen molar-refractivity contribution in [3.8, 4) is 12.0 Å². The lowest BCUT2D eigenvalue weighted by Gasteiger charge is -2.18. The topological polar surface area (TPSA) is 29.5 Å². The number of allylic oxidation sites excluding steroid dienone is 1. The second-order valence-electron chi connectivity index (χ2n) is 3.97. The first-order valence-corrected chi connectivity index (χ1v) is 6.26. The average molecular weight is 257 g/mol. The molecule has 3 nitrogen and oxygen atoms in total. The summed E-state index contributed by atoms with van der Waals surface area (Å²) in [4.78, 5) is 13.3. The lowest BCUT2D eigenvalue weighted by Crippen LogP contribution is -2.16. The monoisotopic (exact) mass is 257 g/mol. The Hall–Kier alpha value is -2.21. The van der Waals surface area contributed by atoms with Gasteiger partial charge in [0.25, 0.3) is 0 Å². The van der Waals surface area contributed by atoms with Crippen molar-refractivity contribution in [1.29, 1.82) is 0 Å². The third kappa shape index (κ3) is 5.31. The summed E-state index contributed by atoms with van der Waals surface area (Å²) in [6.45, 7) is 6.43. The molecule has 0 bridgehead atoms. The van der Waals surface area contributed by atoms with Gasteiger partial charge in [-0.2, -0.15) is 0 Å². The van der Waals surface area contributed by atoms with Crippen LogP contribution in [0.5, 0.6) is 0 Å². The van der Waals surface area contributed by atoms with Gasteiger partial charge in [-0.1, -0.05) is 36.3 Å². The van der Waals surface area contributed by atoms with Gasteiger partial charge in [-0.3, -0.25) is 0 Å². The number of ether oxygens (including phenoxy) is 1. The van der Waals surface area contributed by atoms with E-state index >= 15 is 0 Å². The summed E-state index contributed by atoms with van der Waals surface area (Å²) in [5, 5.41) is 0. The predicted octanol–water partition coefficient (Wildman–Crippen LogP) is 2.94. The Morgan fingerprint density at radius 1 is 1.37 bits per heavy atom. The molecule has 0 saturated carbocycles. The number of nitrogens with zero attached hydrogens (tertiary/aromatic N) is 1. The summed E-state index contributed by atoms with van der Waals surface area (Å²) < 4.78 is 4.90. The maximum atomic E-state index is 11.4. The fourth-order valence-corrected chi connectivity index (χ4v) is 1.59. The first-order chi connectivity index (χ1) is 9.17. The molecule has 0 saturated heterocycles.